The molecule has 7 atom stereocenters. The fourth-order valence-electron chi connectivity index (χ4n) is 8.06. The smallest absolute Gasteiger partial charge is 0.331 e. The Balaban J connectivity index is 1.76. The Kier molecular flexibility index (Phi) is 3.48. The van der Waals surface area contributed by atoms with Gasteiger partial charge in [-0.2, -0.15) is 0 Å². The van der Waals surface area contributed by atoms with Gasteiger partial charge in [0.15, 0.2) is 11.4 Å². The zero-order chi connectivity index (χ0) is 23.0. The Bertz CT molecular complexity index is 1040. The Morgan fingerprint density at radius 3 is 2.35 bits per heavy atom. The molecule has 6 heteroatoms. The van der Waals surface area contributed by atoms with Gasteiger partial charge in [-0.05, 0) is 63.9 Å². The van der Waals surface area contributed by atoms with Crippen LogP contribution >= 0.6 is 0 Å². The number of rotatable bonds is 0. The Morgan fingerprint density at radius 2 is 1.74 bits per heavy atom. The van der Waals surface area contributed by atoms with E-state index in [0.29, 0.717) is 24.8 Å². The molecule has 6 nitrogen and oxygen atoms in total. The molecule has 2 aliphatic heterocycles. The van der Waals surface area contributed by atoms with E-state index < -0.39 is 50.9 Å². The van der Waals surface area contributed by atoms with Gasteiger partial charge in [0, 0.05) is 11.5 Å². The van der Waals surface area contributed by atoms with Gasteiger partial charge in [0.05, 0.1) is 5.41 Å². The molecule has 2 heterocycles. The largest absolute Gasteiger partial charge is 0.458 e. The summed E-state index contributed by atoms with van der Waals surface area (Å²) in [5.41, 5.74) is -5.48. The molecule has 166 valence electrons. The van der Waals surface area contributed by atoms with Crippen molar-refractivity contribution in [3.8, 4) is 0 Å². The molecule has 2 bridgehead atoms. The first kappa shape index (κ1) is 20.7. The van der Waals surface area contributed by atoms with Gasteiger partial charge in [-0.25, -0.2) is 4.79 Å². The molecule has 5 aliphatic rings. The van der Waals surface area contributed by atoms with E-state index in [2.05, 4.69) is 13.2 Å². The van der Waals surface area contributed by atoms with Gasteiger partial charge in [0.25, 0.3) is 0 Å². The van der Waals surface area contributed by atoms with Gasteiger partial charge in [-0.1, -0.05) is 31.7 Å². The number of ether oxygens (including phenoxy) is 2. The average Bonchev–Trinajstić information content (AvgIpc) is 2.93. The predicted octanol–water partition coefficient (Wildman–Crippen LogP) is 3.05. The van der Waals surface area contributed by atoms with E-state index in [1.54, 1.807) is 13.8 Å². The van der Waals surface area contributed by atoms with Crippen molar-refractivity contribution in [3.63, 3.8) is 0 Å². The van der Waals surface area contributed by atoms with Crippen LogP contribution in [0.1, 0.15) is 53.9 Å². The monoisotopic (exact) mass is 426 g/mol. The van der Waals surface area contributed by atoms with Crippen molar-refractivity contribution in [2.75, 3.05) is 0 Å². The molecule has 3 saturated carbocycles. The maximum atomic E-state index is 13.7. The summed E-state index contributed by atoms with van der Waals surface area (Å²) in [5, 5.41) is 11.9. The summed E-state index contributed by atoms with van der Waals surface area (Å²) < 4.78 is 11.3. The highest BCUT2D eigenvalue weighted by atomic mass is 16.6. The van der Waals surface area contributed by atoms with Crippen LogP contribution in [0.3, 0.4) is 0 Å². The molecular weight excluding hydrogens is 396 g/mol. The third kappa shape index (κ3) is 1.72. The second-order valence-corrected chi connectivity index (χ2v) is 11.1. The van der Waals surface area contributed by atoms with Crippen LogP contribution in [0.25, 0.3) is 0 Å². The van der Waals surface area contributed by atoms with E-state index >= 15 is 0 Å². The third-order valence-corrected chi connectivity index (χ3v) is 9.92. The van der Waals surface area contributed by atoms with Gasteiger partial charge in [-0.15, -0.1) is 0 Å². The molecule has 0 aromatic heterocycles. The molecule has 0 radical (unpaired) electrons. The van der Waals surface area contributed by atoms with E-state index in [9.17, 15) is 19.5 Å². The number of Topliss-reactive ketones (excluding diaryl/α,β-unsaturated/α-hetero) is 1. The number of carbonyl (C=O) groups excluding carboxylic acids is 3. The first-order valence-corrected chi connectivity index (χ1v) is 11.0. The topological polar surface area (TPSA) is 89.9 Å². The molecule has 1 N–H and O–H groups in total. The number of aliphatic hydroxyl groups is 1. The average molecular weight is 427 g/mol. The summed E-state index contributed by atoms with van der Waals surface area (Å²) in [6, 6.07) is 0. The van der Waals surface area contributed by atoms with Gasteiger partial charge < -0.3 is 14.6 Å². The summed E-state index contributed by atoms with van der Waals surface area (Å²) in [7, 11) is 0. The van der Waals surface area contributed by atoms with Crippen LogP contribution in [-0.2, 0) is 23.9 Å². The van der Waals surface area contributed by atoms with Crippen molar-refractivity contribution in [3.05, 3.63) is 36.5 Å². The summed E-state index contributed by atoms with van der Waals surface area (Å²) >= 11 is 0. The highest BCUT2D eigenvalue weighted by molar-refractivity contribution is 6.10. The van der Waals surface area contributed by atoms with Crippen LogP contribution in [0.15, 0.2) is 36.5 Å². The number of fused-ring (bicyclic) bond motifs is 2. The van der Waals surface area contributed by atoms with Crippen LogP contribution in [0, 0.1) is 27.6 Å². The summed E-state index contributed by atoms with van der Waals surface area (Å²) in [5.74, 6) is -1.61. The van der Waals surface area contributed by atoms with Gasteiger partial charge in [-0.3, -0.25) is 9.59 Å². The molecule has 0 aromatic rings. The highest BCUT2D eigenvalue weighted by Crippen LogP contribution is 2.79. The molecule has 4 fully saturated rings. The number of hydrogen-bond donors (Lipinski definition) is 1. The molecular formula is C25H30O6. The molecule has 0 unspecified atom stereocenters. The van der Waals surface area contributed by atoms with E-state index in [1.807, 2.05) is 26.8 Å². The second kappa shape index (κ2) is 5.22. The van der Waals surface area contributed by atoms with Crippen LogP contribution in [-0.4, -0.2) is 40.1 Å². The number of ketones is 1. The molecule has 0 amide bonds. The molecule has 3 aliphatic carbocycles. The lowest BCUT2D eigenvalue weighted by atomic mass is 9.39. The fraction of sp³-hybridized carbons (Fsp3) is 0.640. The standard InChI is InChI=1S/C25H30O6/c1-13-16-12-21(6)14(2)24(19(28)30-15(3)25(24,29)18(21)27)22(16,7)10-11-23(13)9-8-17(26)31-20(23,4)5/h8-9,15-16,29H,1-2,10-12H2,3-7H3/t15-,16-,21+,22-,23-,24-,25+/m0/s1. The van der Waals surface area contributed by atoms with Crippen molar-refractivity contribution >= 4 is 17.7 Å². The number of hydrogen-bond acceptors (Lipinski definition) is 6. The van der Waals surface area contributed by atoms with Gasteiger partial charge >= 0.3 is 11.9 Å². The van der Waals surface area contributed by atoms with E-state index in [-0.39, 0.29) is 11.7 Å². The lowest BCUT2D eigenvalue weighted by Crippen LogP contribution is -2.65. The third-order valence-electron chi connectivity index (χ3n) is 9.92. The van der Waals surface area contributed by atoms with Crippen LogP contribution in [0.5, 0.6) is 0 Å². The summed E-state index contributed by atoms with van der Waals surface area (Å²) in [4.78, 5) is 39.2. The highest BCUT2D eigenvalue weighted by Gasteiger charge is 2.88. The predicted molar refractivity (Wildman–Crippen MR) is 112 cm³/mol. The van der Waals surface area contributed by atoms with Crippen molar-refractivity contribution in [1.82, 2.24) is 0 Å². The van der Waals surface area contributed by atoms with E-state index in [4.69, 9.17) is 9.47 Å². The Hall–Kier alpha value is -2.21. The maximum absolute atomic E-state index is 13.7. The van der Waals surface area contributed by atoms with E-state index in [0.717, 1.165) is 5.57 Å². The molecule has 2 spiro atoms. The zero-order valence-corrected chi connectivity index (χ0v) is 18.8. The van der Waals surface area contributed by atoms with Crippen LogP contribution in [0.2, 0.25) is 0 Å². The minimum atomic E-state index is -1.95. The second-order valence-electron chi connectivity index (χ2n) is 11.1. The first-order valence-electron chi connectivity index (χ1n) is 11.0. The zero-order valence-electron chi connectivity index (χ0n) is 18.8. The Labute approximate surface area is 182 Å². The SMILES string of the molecule is C=C1[C@@]2(C)C[C@H]3C(=C)[C@]4(C=CC(=O)OC4(C)C)CC[C@]3(C)[C@@]13C(=O)O[C@@H](C)[C@@]3(O)C2=O. The van der Waals surface area contributed by atoms with Crippen molar-refractivity contribution in [2.45, 2.75) is 71.2 Å². The lowest BCUT2D eigenvalue weighted by Gasteiger charge is -2.63. The van der Waals surface area contributed by atoms with E-state index in [1.165, 1.54) is 6.08 Å². The van der Waals surface area contributed by atoms with Crippen molar-refractivity contribution in [1.29, 1.82) is 0 Å². The van der Waals surface area contributed by atoms with Crippen LogP contribution < -0.4 is 0 Å². The Morgan fingerprint density at radius 1 is 1.10 bits per heavy atom. The number of carbonyl (C=O) groups is 3. The summed E-state index contributed by atoms with van der Waals surface area (Å²) in [6.45, 7) is 17.8. The van der Waals surface area contributed by atoms with Gasteiger partial charge in [0.1, 0.15) is 17.1 Å². The number of cyclic esters (lactones) is 2. The normalized spacial score (nSPS) is 52.1. The fourth-order valence-corrected chi connectivity index (χ4v) is 8.06. The first-order chi connectivity index (χ1) is 14.2. The minimum Gasteiger partial charge on any atom is -0.458 e. The molecule has 5 rings (SSSR count). The van der Waals surface area contributed by atoms with Crippen molar-refractivity contribution < 1.29 is 29.0 Å². The lowest BCUT2D eigenvalue weighted by molar-refractivity contribution is -0.177. The maximum Gasteiger partial charge on any atom is 0.331 e. The minimum absolute atomic E-state index is 0.270. The van der Waals surface area contributed by atoms with Crippen molar-refractivity contribution in [2.24, 2.45) is 27.6 Å². The summed E-state index contributed by atoms with van der Waals surface area (Å²) in [6.07, 6.45) is 3.88. The van der Waals surface area contributed by atoms with Gasteiger partial charge in [0.2, 0.25) is 0 Å². The molecule has 31 heavy (non-hydrogen) atoms. The quantitative estimate of drug-likeness (QED) is 0.473. The number of esters is 2. The molecule has 0 aromatic carbocycles. The molecule has 1 saturated heterocycles. The van der Waals surface area contributed by atoms with Crippen LogP contribution in [0.4, 0.5) is 0 Å².